The molecule has 6 heteroatoms. The number of rotatable bonds is 6. The number of halogens is 1. The summed E-state index contributed by atoms with van der Waals surface area (Å²) in [6.07, 6.45) is 4.01. The Kier molecular flexibility index (Phi) is 6.58. The van der Waals surface area contributed by atoms with Crippen LogP contribution in [-0.2, 0) is 9.59 Å². The van der Waals surface area contributed by atoms with Crippen LogP contribution in [-0.4, -0.2) is 48.9 Å². The van der Waals surface area contributed by atoms with Crippen LogP contribution < -0.4 is 10.6 Å². The molecule has 5 nitrogen and oxygen atoms in total. The molecule has 1 saturated heterocycles. The third-order valence-electron chi connectivity index (χ3n) is 3.62. The van der Waals surface area contributed by atoms with Gasteiger partial charge >= 0.3 is 0 Å². The van der Waals surface area contributed by atoms with Crippen molar-refractivity contribution < 1.29 is 9.59 Å². The normalized spacial score (nSPS) is 21.9. The molecule has 1 atom stereocenters. The Labute approximate surface area is 120 Å². The SMILES string of the molecule is CCC(=O)N1CCC(NC(=O)CNCC2CC2)C1.Cl. The first-order valence-corrected chi connectivity index (χ1v) is 6.97. The molecule has 2 amide bonds. The van der Waals surface area contributed by atoms with Crippen molar-refractivity contribution in [2.45, 2.75) is 38.6 Å². The average molecular weight is 290 g/mol. The minimum atomic E-state index is 0. The minimum absolute atomic E-state index is 0. The van der Waals surface area contributed by atoms with Gasteiger partial charge in [0, 0.05) is 25.6 Å². The fraction of sp³-hybridized carbons (Fsp3) is 0.846. The van der Waals surface area contributed by atoms with Crippen molar-refractivity contribution in [1.29, 1.82) is 0 Å². The maximum Gasteiger partial charge on any atom is 0.234 e. The van der Waals surface area contributed by atoms with Crippen molar-refractivity contribution in [3.8, 4) is 0 Å². The van der Waals surface area contributed by atoms with Crippen molar-refractivity contribution in [2.75, 3.05) is 26.2 Å². The van der Waals surface area contributed by atoms with Crippen LogP contribution >= 0.6 is 12.4 Å². The Bertz CT molecular complexity index is 321. The van der Waals surface area contributed by atoms with Gasteiger partial charge in [-0.25, -0.2) is 0 Å². The highest BCUT2D eigenvalue weighted by atomic mass is 35.5. The van der Waals surface area contributed by atoms with Gasteiger partial charge in [-0.05, 0) is 31.7 Å². The second-order valence-electron chi connectivity index (χ2n) is 5.32. The average Bonchev–Trinajstić information content (AvgIpc) is 3.06. The first kappa shape index (κ1) is 16.2. The second-order valence-corrected chi connectivity index (χ2v) is 5.32. The Balaban J connectivity index is 0.00000180. The lowest BCUT2D eigenvalue weighted by Crippen LogP contribution is -2.42. The van der Waals surface area contributed by atoms with E-state index in [9.17, 15) is 9.59 Å². The summed E-state index contributed by atoms with van der Waals surface area (Å²) in [5.41, 5.74) is 0. The van der Waals surface area contributed by atoms with Crippen LogP contribution in [0.2, 0.25) is 0 Å². The molecule has 1 unspecified atom stereocenters. The van der Waals surface area contributed by atoms with Crippen LogP contribution in [0.15, 0.2) is 0 Å². The Morgan fingerprint density at radius 3 is 2.63 bits per heavy atom. The molecule has 0 aromatic heterocycles. The van der Waals surface area contributed by atoms with Crippen LogP contribution in [0.1, 0.15) is 32.6 Å². The third kappa shape index (κ3) is 5.37. The molecule has 1 heterocycles. The molecular formula is C13H24ClN3O2. The van der Waals surface area contributed by atoms with Gasteiger partial charge < -0.3 is 15.5 Å². The quantitative estimate of drug-likeness (QED) is 0.750. The fourth-order valence-electron chi connectivity index (χ4n) is 2.32. The molecule has 2 N–H and O–H groups in total. The van der Waals surface area contributed by atoms with Gasteiger partial charge in [-0.3, -0.25) is 9.59 Å². The molecule has 19 heavy (non-hydrogen) atoms. The molecule has 0 spiro atoms. The molecule has 2 aliphatic rings. The lowest BCUT2D eigenvalue weighted by atomic mass is 10.2. The number of nitrogens with zero attached hydrogens (tertiary/aromatic N) is 1. The summed E-state index contributed by atoms with van der Waals surface area (Å²) in [6, 6.07) is 0.135. The second kappa shape index (κ2) is 7.70. The molecule has 2 rings (SSSR count). The molecule has 1 saturated carbocycles. The molecule has 1 aliphatic carbocycles. The first-order chi connectivity index (χ1) is 8.69. The van der Waals surface area contributed by atoms with E-state index in [0.717, 1.165) is 25.4 Å². The van der Waals surface area contributed by atoms with Crippen LogP contribution in [0.4, 0.5) is 0 Å². The van der Waals surface area contributed by atoms with Crippen LogP contribution in [0.3, 0.4) is 0 Å². The van der Waals surface area contributed by atoms with Crippen LogP contribution in [0, 0.1) is 5.92 Å². The number of hydrogen-bond acceptors (Lipinski definition) is 3. The van der Waals surface area contributed by atoms with Gasteiger partial charge in [-0.15, -0.1) is 12.4 Å². The van der Waals surface area contributed by atoms with E-state index in [2.05, 4.69) is 10.6 Å². The van der Waals surface area contributed by atoms with Crippen LogP contribution in [0.25, 0.3) is 0 Å². The summed E-state index contributed by atoms with van der Waals surface area (Å²) in [7, 11) is 0. The number of amides is 2. The lowest BCUT2D eigenvalue weighted by molar-refractivity contribution is -0.130. The van der Waals surface area contributed by atoms with E-state index in [1.165, 1.54) is 12.8 Å². The van der Waals surface area contributed by atoms with Crippen LogP contribution in [0.5, 0.6) is 0 Å². The monoisotopic (exact) mass is 289 g/mol. The van der Waals surface area contributed by atoms with Gasteiger partial charge in [0.05, 0.1) is 6.54 Å². The van der Waals surface area contributed by atoms with E-state index in [1.807, 2.05) is 11.8 Å². The first-order valence-electron chi connectivity index (χ1n) is 6.97. The summed E-state index contributed by atoms with van der Waals surface area (Å²) in [5, 5.41) is 6.16. The summed E-state index contributed by atoms with van der Waals surface area (Å²) in [4.78, 5) is 25.0. The minimum Gasteiger partial charge on any atom is -0.350 e. The maximum absolute atomic E-state index is 11.7. The predicted octanol–water partition coefficient (Wildman–Crippen LogP) is 0.535. The number of likely N-dealkylation sites (tertiary alicyclic amines) is 1. The molecule has 2 fully saturated rings. The van der Waals surface area contributed by atoms with Crippen molar-refractivity contribution in [3.05, 3.63) is 0 Å². The van der Waals surface area contributed by atoms with E-state index in [-0.39, 0.29) is 30.3 Å². The number of hydrogen-bond donors (Lipinski definition) is 2. The standard InChI is InChI=1S/C13H23N3O2.ClH/c1-2-13(18)16-6-5-11(9-16)15-12(17)8-14-7-10-3-4-10;/h10-11,14H,2-9H2,1H3,(H,15,17);1H. The van der Waals surface area contributed by atoms with Crippen molar-refractivity contribution >= 4 is 24.2 Å². The highest BCUT2D eigenvalue weighted by molar-refractivity contribution is 5.85. The summed E-state index contributed by atoms with van der Waals surface area (Å²) < 4.78 is 0. The number of carbonyl (C=O) groups excluding carboxylic acids is 2. The van der Waals surface area contributed by atoms with Gasteiger partial charge in [0.2, 0.25) is 11.8 Å². The Hall–Kier alpha value is -0.810. The zero-order valence-electron chi connectivity index (χ0n) is 11.5. The largest absolute Gasteiger partial charge is 0.350 e. The molecule has 1 aliphatic heterocycles. The molecule has 0 radical (unpaired) electrons. The molecule has 0 bridgehead atoms. The summed E-state index contributed by atoms with van der Waals surface area (Å²) in [6.45, 7) is 4.66. The topological polar surface area (TPSA) is 61.4 Å². The Morgan fingerprint density at radius 1 is 1.26 bits per heavy atom. The maximum atomic E-state index is 11.7. The third-order valence-corrected chi connectivity index (χ3v) is 3.62. The Morgan fingerprint density at radius 2 is 2.00 bits per heavy atom. The molecule has 0 aromatic rings. The smallest absolute Gasteiger partial charge is 0.234 e. The molecule has 0 aromatic carbocycles. The predicted molar refractivity (Wildman–Crippen MR) is 76.3 cm³/mol. The summed E-state index contributed by atoms with van der Waals surface area (Å²) >= 11 is 0. The zero-order valence-corrected chi connectivity index (χ0v) is 12.3. The van der Waals surface area contributed by atoms with Gasteiger partial charge in [0.1, 0.15) is 0 Å². The van der Waals surface area contributed by atoms with E-state index >= 15 is 0 Å². The van der Waals surface area contributed by atoms with Gasteiger partial charge in [-0.1, -0.05) is 6.92 Å². The van der Waals surface area contributed by atoms with Gasteiger partial charge in [0.25, 0.3) is 0 Å². The number of nitrogens with one attached hydrogen (secondary N) is 2. The molecule has 110 valence electrons. The van der Waals surface area contributed by atoms with E-state index in [0.29, 0.717) is 19.5 Å². The van der Waals surface area contributed by atoms with Crippen molar-refractivity contribution in [3.63, 3.8) is 0 Å². The van der Waals surface area contributed by atoms with Gasteiger partial charge in [0.15, 0.2) is 0 Å². The summed E-state index contributed by atoms with van der Waals surface area (Å²) in [5.74, 6) is 1.02. The van der Waals surface area contributed by atoms with Crippen molar-refractivity contribution in [2.24, 2.45) is 5.92 Å². The zero-order chi connectivity index (χ0) is 13.0. The van der Waals surface area contributed by atoms with E-state index < -0.39 is 0 Å². The van der Waals surface area contributed by atoms with E-state index in [4.69, 9.17) is 0 Å². The fourth-order valence-corrected chi connectivity index (χ4v) is 2.32. The highest BCUT2D eigenvalue weighted by Gasteiger charge is 2.26. The van der Waals surface area contributed by atoms with Crippen molar-refractivity contribution in [1.82, 2.24) is 15.5 Å². The lowest BCUT2D eigenvalue weighted by Gasteiger charge is -2.16. The number of carbonyl (C=O) groups is 2. The molecular weight excluding hydrogens is 266 g/mol. The van der Waals surface area contributed by atoms with Gasteiger partial charge in [-0.2, -0.15) is 0 Å². The van der Waals surface area contributed by atoms with E-state index in [1.54, 1.807) is 0 Å². The highest BCUT2D eigenvalue weighted by Crippen LogP contribution is 2.27.